The third-order valence-corrected chi connectivity index (χ3v) is 4.50. The molecule has 12 heteroatoms. The van der Waals surface area contributed by atoms with E-state index in [1.165, 1.54) is 13.8 Å². The topological polar surface area (TPSA) is 48.0 Å². The number of rotatable bonds is 5. The number of aliphatic hydroxyl groups is 1. The molecule has 0 saturated heterocycles. The first-order valence-corrected chi connectivity index (χ1v) is 8.45. The summed E-state index contributed by atoms with van der Waals surface area (Å²) in [5.74, 6) is 0. The van der Waals surface area contributed by atoms with Crippen LogP contribution in [0.5, 0.6) is 0 Å². The van der Waals surface area contributed by atoms with Crippen molar-refractivity contribution in [2.75, 3.05) is 6.54 Å². The molecule has 0 saturated carbocycles. The Kier molecular flexibility index (Phi) is 6.53. The molecule has 1 heterocycles. The quantitative estimate of drug-likeness (QED) is 0.529. The van der Waals surface area contributed by atoms with E-state index < -0.39 is 60.0 Å². The molecule has 3 nitrogen and oxygen atoms in total. The number of aromatic amines is 1. The molecule has 1 aromatic heterocycles. The fourth-order valence-corrected chi connectivity index (χ4v) is 2.94. The normalized spacial score (nSPS) is 14.3. The standard InChI is InChI=1S/C18H17F9N2O/c1-8-9(2)29-13(15(8)18(25,26)27)6-28-7-14(30)10-3-11(16(19,20)21)5-12(4-10)17(22,23)24/h3-5,14,28-30H,6-7H2,1-2H3. The van der Waals surface area contributed by atoms with Crippen molar-refractivity contribution in [3.8, 4) is 0 Å². The van der Waals surface area contributed by atoms with Gasteiger partial charge >= 0.3 is 18.5 Å². The molecule has 0 bridgehead atoms. The SMILES string of the molecule is Cc1[nH]c(CNCC(O)c2cc(C(F)(F)F)cc(C(F)(F)F)c2)c(C(F)(F)F)c1C. The van der Waals surface area contributed by atoms with Gasteiger partial charge in [-0.3, -0.25) is 0 Å². The van der Waals surface area contributed by atoms with Crippen LogP contribution in [0.1, 0.15) is 45.3 Å². The molecule has 1 atom stereocenters. The third kappa shape index (κ3) is 5.48. The summed E-state index contributed by atoms with van der Waals surface area (Å²) in [6, 6.07) is 0.654. The first-order valence-electron chi connectivity index (χ1n) is 8.45. The molecular weight excluding hydrogens is 431 g/mol. The Hall–Kier alpha value is -2.21. The van der Waals surface area contributed by atoms with Gasteiger partial charge in [0.1, 0.15) is 0 Å². The number of H-pyrrole nitrogens is 1. The molecule has 2 rings (SSSR count). The van der Waals surface area contributed by atoms with Gasteiger partial charge in [0.05, 0.1) is 22.8 Å². The molecule has 1 aromatic carbocycles. The monoisotopic (exact) mass is 448 g/mol. The maximum absolute atomic E-state index is 13.2. The van der Waals surface area contributed by atoms with Gasteiger partial charge < -0.3 is 15.4 Å². The molecule has 0 spiro atoms. The Morgan fingerprint density at radius 3 is 1.80 bits per heavy atom. The molecule has 3 N–H and O–H groups in total. The number of aliphatic hydroxyl groups excluding tert-OH is 1. The highest BCUT2D eigenvalue weighted by Crippen LogP contribution is 2.38. The lowest BCUT2D eigenvalue weighted by Gasteiger charge is -2.18. The summed E-state index contributed by atoms with van der Waals surface area (Å²) < 4.78 is 117. The third-order valence-electron chi connectivity index (χ3n) is 4.50. The van der Waals surface area contributed by atoms with Gasteiger partial charge in [-0.25, -0.2) is 0 Å². The summed E-state index contributed by atoms with van der Waals surface area (Å²) in [6.07, 6.45) is -16.6. The lowest BCUT2D eigenvalue weighted by molar-refractivity contribution is -0.143. The highest BCUT2D eigenvalue weighted by molar-refractivity contribution is 5.38. The van der Waals surface area contributed by atoms with Gasteiger partial charge in [-0.1, -0.05) is 0 Å². The van der Waals surface area contributed by atoms with Gasteiger partial charge in [-0.15, -0.1) is 0 Å². The number of hydrogen-bond acceptors (Lipinski definition) is 2. The number of hydrogen-bond donors (Lipinski definition) is 3. The number of benzene rings is 1. The summed E-state index contributed by atoms with van der Waals surface area (Å²) in [5.41, 5.74) is -4.81. The van der Waals surface area contributed by atoms with Crippen molar-refractivity contribution in [3.63, 3.8) is 0 Å². The highest BCUT2D eigenvalue weighted by atomic mass is 19.4. The molecule has 0 aliphatic heterocycles. The van der Waals surface area contributed by atoms with Crippen molar-refractivity contribution in [2.24, 2.45) is 0 Å². The minimum atomic E-state index is -5.08. The van der Waals surface area contributed by atoms with Crippen LogP contribution in [0.25, 0.3) is 0 Å². The zero-order valence-corrected chi connectivity index (χ0v) is 15.6. The number of aryl methyl sites for hydroxylation is 1. The van der Waals surface area contributed by atoms with Crippen molar-refractivity contribution < 1.29 is 44.6 Å². The van der Waals surface area contributed by atoms with Crippen molar-refractivity contribution in [1.82, 2.24) is 10.3 Å². The Balaban J connectivity index is 2.22. The summed E-state index contributed by atoms with van der Waals surface area (Å²) >= 11 is 0. The van der Waals surface area contributed by atoms with E-state index in [0.717, 1.165) is 0 Å². The average Bonchev–Trinajstić information content (AvgIpc) is 2.87. The Morgan fingerprint density at radius 2 is 1.37 bits per heavy atom. The second-order valence-corrected chi connectivity index (χ2v) is 6.71. The van der Waals surface area contributed by atoms with Crippen LogP contribution in [0.2, 0.25) is 0 Å². The lowest BCUT2D eigenvalue weighted by atomic mass is 10.0. The van der Waals surface area contributed by atoms with Crippen LogP contribution in [0.3, 0.4) is 0 Å². The van der Waals surface area contributed by atoms with Crippen LogP contribution < -0.4 is 5.32 Å². The van der Waals surface area contributed by atoms with Gasteiger partial charge in [0.15, 0.2) is 0 Å². The summed E-state index contributed by atoms with van der Waals surface area (Å²) in [5, 5.41) is 12.5. The van der Waals surface area contributed by atoms with Crippen molar-refractivity contribution >= 4 is 0 Å². The van der Waals surface area contributed by atoms with E-state index in [1.807, 2.05) is 0 Å². The zero-order chi connectivity index (χ0) is 23.1. The Morgan fingerprint density at radius 1 is 0.867 bits per heavy atom. The van der Waals surface area contributed by atoms with E-state index in [1.54, 1.807) is 0 Å². The van der Waals surface area contributed by atoms with Gasteiger partial charge in [-0.05, 0) is 43.2 Å². The average molecular weight is 448 g/mol. The molecule has 30 heavy (non-hydrogen) atoms. The van der Waals surface area contributed by atoms with Crippen molar-refractivity contribution in [3.05, 3.63) is 57.4 Å². The Bertz CT molecular complexity index is 863. The first kappa shape index (κ1) is 24.1. The number of halogens is 9. The summed E-state index contributed by atoms with van der Waals surface area (Å²) in [7, 11) is 0. The second kappa shape index (κ2) is 8.14. The van der Waals surface area contributed by atoms with Crippen LogP contribution >= 0.6 is 0 Å². The van der Waals surface area contributed by atoms with Crippen LogP contribution in [0, 0.1) is 13.8 Å². The van der Waals surface area contributed by atoms with E-state index in [0.29, 0.717) is 12.1 Å². The first-order chi connectivity index (χ1) is 13.5. The smallest absolute Gasteiger partial charge is 0.387 e. The molecule has 168 valence electrons. The minimum absolute atomic E-state index is 0.0347. The minimum Gasteiger partial charge on any atom is -0.387 e. The van der Waals surface area contributed by atoms with E-state index in [-0.39, 0.29) is 23.0 Å². The fraction of sp³-hybridized carbons (Fsp3) is 0.444. The highest BCUT2D eigenvalue weighted by Gasteiger charge is 2.38. The van der Waals surface area contributed by atoms with Crippen LogP contribution in [0.15, 0.2) is 18.2 Å². The number of aromatic nitrogens is 1. The van der Waals surface area contributed by atoms with Gasteiger partial charge in [-0.2, -0.15) is 39.5 Å². The molecule has 0 aliphatic carbocycles. The van der Waals surface area contributed by atoms with Crippen molar-refractivity contribution in [1.29, 1.82) is 0 Å². The number of alkyl halides is 9. The lowest BCUT2D eigenvalue weighted by Crippen LogP contribution is -2.23. The molecular formula is C18H17F9N2O. The number of nitrogens with one attached hydrogen (secondary N) is 2. The molecule has 0 amide bonds. The summed E-state index contributed by atoms with van der Waals surface area (Å²) in [6.45, 7) is 1.66. The van der Waals surface area contributed by atoms with Gasteiger partial charge in [0, 0.05) is 24.5 Å². The van der Waals surface area contributed by atoms with Crippen LogP contribution in [-0.4, -0.2) is 16.6 Å². The van der Waals surface area contributed by atoms with E-state index >= 15 is 0 Å². The molecule has 0 radical (unpaired) electrons. The second-order valence-electron chi connectivity index (χ2n) is 6.71. The van der Waals surface area contributed by atoms with E-state index in [2.05, 4.69) is 10.3 Å². The van der Waals surface area contributed by atoms with Crippen molar-refractivity contribution in [2.45, 2.75) is 45.0 Å². The zero-order valence-electron chi connectivity index (χ0n) is 15.6. The maximum Gasteiger partial charge on any atom is 0.418 e. The Labute approximate surface area is 164 Å². The van der Waals surface area contributed by atoms with Crippen LogP contribution in [-0.2, 0) is 25.1 Å². The molecule has 1 unspecified atom stereocenters. The predicted octanol–water partition coefficient (Wildman–Crippen LogP) is 5.51. The fourth-order valence-electron chi connectivity index (χ4n) is 2.94. The molecule has 0 aliphatic rings. The largest absolute Gasteiger partial charge is 0.418 e. The maximum atomic E-state index is 13.2. The molecule has 0 fully saturated rings. The van der Waals surface area contributed by atoms with Gasteiger partial charge in [0.2, 0.25) is 0 Å². The van der Waals surface area contributed by atoms with Crippen LogP contribution in [0.4, 0.5) is 39.5 Å². The van der Waals surface area contributed by atoms with E-state index in [9.17, 15) is 44.6 Å². The van der Waals surface area contributed by atoms with Gasteiger partial charge in [0.25, 0.3) is 0 Å². The predicted molar refractivity (Wildman–Crippen MR) is 88.4 cm³/mol. The summed E-state index contributed by atoms with van der Waals surface area (Å²) in [4.78, 5) is 2.53. The molecule has 2 aromatic rings. The van der Waals surface area contributed by atoms with E-state index in [4.69, 9.17) is 0 Å².